The average Bonchev–Trinajstić information content (AvgIpc) is 2.76. The average molecular weight is 292 g/mol. The van der Waals surface area contributed by atoms with Gasteiger partial charge >= 0.3 is 0 Å². The Morgan fingerprint density at radius 2 is 2.24 bits per heavy atom. The van der Waals surface area contributed by atoms with Crippen molar-refractivity contribution in [2.45, 2.75) is 31.7 Å². The van der Waals surface area contributed by atoms with Crippen LogP contribution in [0.15, 0.2) is 11.4 Å². The summed E-state index contributed by atoms with van der Waals surface area (Å²) in [4.78, 5) is 12.6. The maximum absolute atomic E-state index is 12.0. The number of halogens is 2. The Kier molecular flexibility index (Phi) is 4.71. The minimum atomic E-state index is -0.0629. The van der Waals surface area contributed by atoms with Gasteiger partial charge in [-0.3, -0.25) is 4.79 Å². The van der Waals surface area contributed by atoms with Gasteiger partial charge < -0.3 is 5.32 Å². The minimum absolute atomic E-state index is 0.0629. The van der Waals surface area contributed by atoms with Gasteiger partial charge in [0.2, 0.25) is 0 Å². The standard InChI is InChI=1S/C12H15Cl2NOS/c13-7-8-3-1-2-4-10(8)15-12(16)11-9(14)5-6-17-11/h5-6,8,10H,1-4,7H2,(H,15,16). The monoisotopic (exact) mass is 291 g/mol. The zero-order chi connectivity index (χ0) is 12.3. The van der Waals surface area contributed by atoms with Crippen molar-refractivity contribution in [1.82, 2.24) is 5.32 Å². The van der Waals surface area contributed by atoms with Gasteiger partial charge in [0.25, 0.3) is 5.91 Å². The van der Waals surface area contributed by atoms with Gasteiger partial charge in [0, 0.05) is 11.9 Å². The molecule has 1 N–H and O–H groups in total. The molecule has 1 aromatic heterocycles. The van der Waals surface area contributed by atoms with E-state index in [9.17, 15) is 4.79 Å². The van der Waals surface area contributed by atoms with Gasteiger partial charge in [-0.05, 0) is 30.2 Å². The second kappa shape index (κ2) is 6.07. The Balaban J connectivity index is 2.00. The molecule has 1 saturated carbocycles. The summed E-state index contributed by atoms with van der Waals surface area (Å²) in [5.41, 5.74) is 0. The van der Waals surface area contributed by atoms with E-state index < -0.39 is 0 Å². The van der Waals surface area contributed by atoms with E-state index in [0.29, 0.717) is 21.7 Å². The first-order valence-electron chi connectivity index (χ1n) is 5.82. The molecule has 0 radical (unpaired) electrons. The summed E-state index contributed by atoms with van der Waals surface area (Å²) in [5.74, 6) is 0.948. The van der Waals surface area contributed by atoms with Gasteiger partial charge in [-0.25, -0.2) is 0 Å². The maximum Gasteiger partial charge on any atom is 0.263 e. The Morgan fingerprint density at radius 3 is 2.88 bits per heavy atom. The summed E-state index contributed by atoms with van der Waals surface area (Å²) < 4.78 is 0. The highest BCUT2D eigenvalue weighted by atomic mass is 35.5. The SMILES string of the molecule is O=C(NC1CCCCC1CCl)c1sccc1Cl. The molecular formula is C12H15Cl2NOS. The van der Waals surface area contributed by atoms with Gasteiger partial charge in [-0.15, -0.1) is 22.9 Å². The van der Waals surface area contributed by atoms with Crippen molar-refractivity contribution in [3.63, 3.8) is 0 Å². The summed E-state index contributed by atoms with van der Waals surface area (Å²) in [5, 5.41) is 5.43. The number of amides is 1. The smallest absolute Gasteiger partial charge is 0.263 e. The van der Waals surface area contributed by atoms with Crippen molar-refractivity contribution in [2.24, 2.45) is 5.92 Å². The van der Waals surface area contributed by atoms with Crippen molar-refractivity contribution in [2.75, 3.05) is 5.88 Å². The van der Waals surface area contributed by atoms with E-state index >= 15 is 0 Å². The third-order valence-corrected chi connectivity index (χ3v) is 4.98. The van der Waals surface area contributed by atoms with Gasteiger partial charge in [0.1, 0.15) is 4.88 Å². The van der Waals surface area contributed by atoms with E-state index in [0.717, 1.165) is 19.3 Å². The summed E-state index contributed by atoms with van der Waals surface area (Å²) in [6, 6.07) is 1.95. The number of rotatable bonds is 3. The second-order valence-corrected chi connectivity index (χ2v) is 6.01. The van der Waals surface area contributed by atoms with Crippen molar-refractivity contribution in [3.8, 4) is 0 Å². The molecule has 2 rings (SSSR count). The van der Waals surface area contributed by atoms with Crippen LogP contribution in [0.2, 0.25) is 5.02 Å². The predicted molar refractivity (Wildman–Crippen MR) is 73.3 cm³/mol. The lowest BCUT2D eigenvalue weighted by molar-refractivity contribution is 0.0915. The molecule has 0 bridgehead atoms. The van der Waals surface area contributed by atoms with Crippen LogP contribution in [0, 0.1) is 5.92 Å². The van der Waals surface area contributed by atoms with Crippen LogP contribution in [0.25, 0.3) is 0 Å². The molecule has 94 valence electrons. The molecule has 0 spiro atoms. The molecule has 1 amide bonds. The lowest BCUT2D eigenvalue weighted by atomic mass is 9.86. The van der Waals surface area contributed by atoms with Gasteiger partial charge in [-0.2, -0.15) is 0 Å². The van der Waals surface area contributed by atoms with Gasteiger partial charge in [0.15, 0.2) is 0 Å². The molecule has 1 aliphatic carbocycles. The normalized spacial score (nSPS) is 24.6. The highest BCUT2D eigenvalue weighted by molar-refractivity contribution is 7.12. The fraction of sp³-hybridized carbons (Fsp3) is 0.583. The zero-order valence-corrected chi connectivity index (χ0v) is 11.7. The first kappa shape index (κ1) is 13.2. The molecule has 2 atom stereocenters. The van der Waals surface area contributed by atoms with Crippen LogP contribution >= 0.6 is 34.5 Å². The first-order chi connectivity index (χ1) is 8.22. The maximum atomic E-state index is 12.0. The number of nitrogens with one attached hydrogen (secondary N) is 1. The second-order valence-electron chi connectivity index (χ2n) is 4.38. The summed E-state index contributed by atoms with van der Waals surface area (Å²) >= 11 is 13.3. The van der Waals surface area contributed by atoms with E-state index in [-0.39, 0.29) is 11.9 Å². The molecule has 0 aliphatic heterocycles. The number of thiophene rings is 1. The van der Waals surface area contributed by atoms with E-state index in [1.165, 1.54) is 17.8 Å². The molecule has 17 heavy (non-hydrogen) atoms. The minimum Gasteiger partial charge on any atom is -0.348 e. The third-order valence-electron chi connectivity index (χ3n) is 3.25. The Morgan fingerprint density at radius 1 is 1.47 bits per heavy atom. The quantitative estimate of drug-likeness (QED) is 0.840. The van der Waals surface area contributed by atoms with Crippen LogP contribution in [0.4, 0.5) is 0 Å². The van der Waals surface area contributed by atoms with Crippen molar-refractivity contribution < 1.29 is 4.79 Å². The molecule has 5 heteroatoms. The lowest BCUT2D eigenvalue weighted by Gasteiger charge is -2.30. The number of carbonyl (C=O) groups is 1. The fourth-order valence-electron chi connectivity index (χ4n) is 2.27. The summed E-state index contributed by atoms with van der Waals surface area (Å²) in [7, 11) is 0. The van der Waals surface area contributed by atoms with Crippen LogP contribution in [0.3, 0.4) is 0 Å². The molecule has 0 saturated heterocycles. The van der Waals surface area contributed by atoms with Crippen LogP contribution in [-0.2, 0) is 0 Å². The highest BCUT2D eigenvalue weighted by Gasteiger charge is 2.26. The van der Waals surface area contributed by atoms with Crippen LogP contribution in [0.5, 0.6) is 0 Å². The molecule has 2 unspecified atom stereocenters. The lowest BCUT2D eigenvalue weighted by Crippen LogP contribution is -2.42. The molecule has 2 nitrogen and oxygen atoms in total. The molecule has 0 aromatic carbocycles. The molecule has 1 aliphatic rings. The third kappa shape index (κ3) is 3.15. The van der Waals surface area contributed by atoms with Crippen LogP contribution < -0.4 is 5.32 Å². The Labute approximate surface area is 115 Å². The van der Waals surface area contributed by atoms with Crippen molar-refractivity contribution >= 4 is 40.4 Å². The van der Waals surface area contributed by atoms with E-state index in [1.54, 1.807) is 6.07 Å². The summed E-state index contributed by atoms with van der Waals surface area (Å²) in [6.07, 6.45) is 4.50. The molecule has 1 aromatic rings. The Bertz CT molecular complexity index is 394. The van der Waals surface area contributed by atoms with E-state index in [1.807, 2.05) is 5.38 Å². The molecule has 1 heterocycles. The fourth-order valence-corrected chi connectivity index (χ4v) is 3.69. The first-order valence-corrected chi connectivity index (χ1v) is 7.61. The number of alkyl halides is 1. The number of hydrogen-bond acceptors (Lipinski definition) is 2. The van der Waals surface area contributed by atoms with Crippen LogP contribution in [-0.4, -0.2) is 17.8 Å². The van der Waals surface area contributed by atoms with E-state index in [4.69, 9.17) is 23.2 Å². The van der Waals surface area contributed by atoms with Crippen molar-refractivity contribution in [1.29, 1.82) is 0 Å². The summed E-state index contributed by atoms with van der Waals surface area (Å²) in [6.45, 7) is 0. The highest BCUT2D eigenvalue weighted by Crippen LogP contribution is 2.27. The zero-order valence-electron chi connectivity index (χ0n) is 9.42. The number of hydrogen-bond donors (Lipinski definition) is 1. The van der Waals surface area contributed by atoms with E-state index in [2.05, 4.69) is 5.32 Å². The molecular weight excluding hydrogens is 277 g/mol. The van der Waals surface area contributed by atoms with Gasteiger partial charge in [0.05, 0.1) is 5.02 Å². The van der Waals surface area contributed by atoms with Gasteiger partial charge in [-0.1, -0.05) is 24.4 Å². The number of carbonyl (C=O) groups excluding carboxylic acids is 1. The molecule has 1 fully saturated rings. The van der Waals surface area contributed by atoms with Crippen molar-refractivity contribution in [3.05, 3.63) is 21.3 Å². The topological polar surface area (TPSA) is 29.1 Å². The Hall–Kier alpha value is -0.250. The largest absolute Gasteiger partial charge is 0.348 e. The van der Waals surface area contributed by atoms with Crippen LogP contribution in [0.1, 0.15) is 35.4 Å². The predicted octanol–water partition coefficient (Wildman–Crippen LogP) is 3.93.